The van der Waals surface area contributed by atoms with Crippen LogP contribution in [0.25, 0.3) is 0 Å². The van der Waals surface area contributed by atoms with Gasteiger partial charge < -0.3 is 5.73 Å². The molecule has 2 unspecified atom stereocenters. The van der Waals surface area contributed by atoms with Crippen LogP contribution in [0.2, 0.25) is 0 Å². The van der Waals surface area contributed by atoms with Crippen LogP contribution in [0.3, 0.4) is 0 Å². The molecule has 0 bridgehead atoms. The van der Waals surface area contributed by atoms with Crippen molar-refractivity contribution in [3.8, 4) is 0 Å². The third-order valence-corrected chi connectivity index (χ3v) is 3.28. The molecule has 66 valence electrons. The second kappa shape index (κ2) is 1.88. The molecule has 1 saturated heterocycles. The van der Waals surface area contributed by atoms with Crippen LogP contribution in [-0.2, 0) is 9.59 Å². The molecule has 2 fully saturated rings. The average Bonchev–Trinajstić information content (AvgIpc) is 2.61. The smallest absolute Gasteiger partial charge is 0.233 e. The van der Waals surface area contributed by atoms with E-state index in [1.54, 1.807) is 0 Å². The normalized spacial score (nSPS) is 45.1. The second-order valence-electron chi connectivity index (χ2n) is 3.90. The van der Waals surface area contributed by atoms with E-state index in [9.17, 15) is 9.59 Å². The number of carbonyl (C=O) groups is 2. The summed E-state index contributed by atoms with van der Waals surface area (Å²) < 4.78 is 0. The molecule has 1 saturated carbocycles. The third-order valence-electron chi connectivity index (χ3n) is 3.28. The second-order valence-corrected chi connectivity index (χ2v) is 3.90. The van der Waals surface area contributed by atoms with Gasteiger partial charge in [0.05, 0.1) is 11.8 Å². The lowest BCUT2D eigenvalue weighted by molar-refractivity contribution is -0.141. The van der Waals surface area contributed by atoms with Gasteiger partial charge in [0, 0.05) is 12.5 Å². The molecule has 0 aromatic rings. The number of imide groups is 1. The lowest BCUT2D eigenvalue weighted by Gasteiger charge is -2.16. The van der Waals surface area contributed by atoms with Gasteiger partial charge in [-0.3, -0.25) is 14.5 Å². The molecule has 1 heterocycles. The number of hydrogen-bond acceptors (Lipinski definition) is 3. The Balaban J connectivity index is 2.30. The largest absolute Gasteiger partial charge is 0.330 e. The number of fused-ring (bicyclic) bond motifs is 1. The van der Waals surface area contributed by atoms with Gasteiger partial charge in [0.25, 0.3) is 0 Å². The average molecular weight is 168 g/mol. The molecule has 12 heavy (non-hydrogen) atoms. The van der Waals surface area contributed by atoms with Gasteiger partial charge in [0.2, 0.25) is 11.8 Å². The number of rotatable bonds is 1. The lowest BCUT2D eigenvalue weighted by Crippen LogP contribution is -2.35. The van der Waals surface area contributed by atoms with Crippen LogP contribution in [0.5, 0.6) is 0 Å². The number of nitrogens with zero attached hydrogens (tertiary/aromatic N) is 1. The summed E-state index contributed by atoms with van der Waals surface area (Å²) in [5, 5.41) is 0. The molecule has 2 atom stereocenters. The molecule has 2 rings (SSSR count). The predicted molar refractivity (Wildman–Crippen MR) is 41.9 cm³/mol. The highest BCUT2D eigenvalue weighted by molar-refractivity contribution is 6.10. The van der Waals surface area contributed by atoms with Crippen molar-refractivity contribution in [3.05, 3.63) is 0 Å². The zero-order valence-electron chi connectivity index (χ0n) is 7.20. The zero-order chi connectivity index (χ0) is 9.09. The summed E-state index contributed by atoms with van der Waals surface area (Å²) >= 11 is 0. The number of piperidine rings is 1. The molecular formula is C8H12N2O2. The van der Waals surface area contributed by atoms with Crippen LogP contribution in [0.1, 0.15) is 6.92 Å². The van der Waals surface area contributed by atoms with Crippen LogP contribution < -0.4 is 5.73 Å². The van der Waals surface area contributed by atoms with Gasteiger partial charge in [-0.15, -0.1) is 0 Å². The summed E-state index contributed by atoms with van der Waals surface area (Å²) in [4.78, 5) is 24.0. The maximum Gasteiger partial charge on any atom is 0.233 e. The molecule has 2 amide bonds. The van der Waals surface area contributed by atoms with Crippen molar-refractivity contribution < 1.29 is 9.59 Å². The first-order chi connectivity index (χ1) is 5.54. The molecule has 0 radical (unpaired) electrons. The van der Waals surface area contributed by atoms with E-state index in [-0.39, 0.29) is 29.1 Å². The molecule has 2 aliphatic rings. The minimum Gasteiger partial charge on any atom is -0.330 e. The van der Waals surface area contributed by atoms with E-state index in [0.717, 1.165) is 0 Å². The van der Waals surface area contributed by atoms with Gasteiger partial charge in [0.1, 0.15) is 0 Å². The number of carbonyl (C=O) groups excluding carboxylic acids is 2. The van der Waals surface area contributed by atoms with Gasteiger partial charge >= 0.3 is 0 Å². The first-order valence-corrected chi connectivity index (χ1v) is 4.05. The Morgan fingerprint density at radius 1 is 1.42 bits per heavy atom. The molecule has 0 spiro atoms. The van der Waals surface area contributed by atoms with Crippen LogP contribution in [0.4, 0.5) is 0 Å². The van der Waals surface area contributed by atoms with Crippen molar-refractivity contribution in [3.63, 3.8) is 0 Å². The van der Waals surface area contributed by atoms with Gasteiger partial charge in [-0.05, 0) is 6.54 Å². The fourth-order valence-corrected chi connectivity index (χ4v) is 2.19. The predicted octanol–water partition coefficient (Wildman–Crippen LogP) is -0.804. The summed E-state index contributed by atoms with van der Waals surface area (Å²) in [5.74, 6) is -0.365. The number of likely N-dealkylation sites (tertiary alicyclic amines) is 1. The van der Waals surface area contributed by atoms with Crippen molar-refractivity contribution >= 4 is 11.8 Å². The summed E-state index contributed by atoms with van der Waals surface area (Å²) in [6.45, 7) is 2.33. The van der Waals surface area contributed by atoms with E-state index in [1.807, 2.05) is 6.92 Å². The van der Waals surface area contributed by atoms with Crippen LogP contribution in [0.15, 0.2) is 0 Å². The Labute approximate surface area is 70.7 Å². The van der Waals surface area contributed by atoms with Gasteiger partial charge in [-0.1, -0.05) is 6.92 Å². The number of nitrogens with two attached hydrogens (primary N) is 1. The van der Waals surface area contributed by atoms with Crippen molar-refractivity contribution in [1.82, 2.24) is 4.90 Å². The van der Waals surface area contributed by atoms with Crippen LogP contribution in [0, 0.1) is 17.3 Å². The van der Waals surface area contributed by atoms with Crippen LogP contribution in [-0.4, -0.2) is 30.3 Å². The van der Waals surface area contributed by atoms with Crippen molar-refractivity contribution in [2.45, 2.75) is 6.92 Å². The van der Waals surface area contributed by atoms with E-state index in [0.29, 0.717) is 6.54 Å². The SMILES string of the molecule is CN1C(=O)C2C(C1=O)C2(C)CN. The fraction of sp³-hybridized carbons (Fsp3) is 0.750. The van der Waals surface area contributed by atoms with Crippen molar-refractivity contribution in [2.24, 2.45) is 23.0 Å². The lowest BCUT2D eigenvalue weighted by atomic mass is 10.0. The highest BCUT2D eigenvalue weighted by atomic mass is 16.2. The summed E-state index contributed by atoms with van der Waals surface area (Å²) in [5.41, 5.74) is 5.27. The minimum atomic E-state index is -0.235. The molecule has 2 N–H and O–H groups in total. The van der Waals surface area contributed by atoms with Gasteiger partial charge in [-0.25, -0.2) is 0 Å². The fourth-order valence-electron chi connectivity index (χ4n) is 2.19. The van der Waals surface area contributed by atoms with Gasteiger partial charge in [-0.2, -0.15) is 0 Å². The number of amides is 2. The Kier molecular flexibility index (Phi) is 1.21. The molecule has 1 aliphatic heterocycles. The van der Waals surface area contributed by atoms with Crippen molar-refractivity contribution in [2.75, 3.05) is 13.6 Å². The highest BCUT2D eigenvalue weighted by Crippen LogP contribution is 2.62. The van der Waals surface area contributed by atoms with E-state index in [1.165, 1.54) is 11.9 Å². The van der Waals surface area contributed by atoms with E-state index in [2.05, 4.69) is 0 Å². The Bertz CT molecular complexity index is 252. The summed E-state index contributed by atoms with van der Waals surface area (Å²) in [7, 11) is 1.54. The van der Waals surface area contributed by atoms with E-state index in [4.69, 9.17) is 5.73 Å². The Hall–Kier alpha value is -0.900. The quantitative estimate of drug-likeness (QED) is 0.521. The summed E-state index contributed by atoms with van der Waals surface area (Å²) in [6, 6.07) is 0. The molecule has 0 aromatic carbocycles. The highest BCUT2D eigenvalue weighted by Gasteiger charge is 2.73. The maximum atomic E-state index is 11.4. The Morgan fingerprint density at radius 2 is 1.83 bits per heavy atom. The third kappa shape index (κ3) is 0.579. The zero-order valence-corrected chi connectivity index (χ0v) is 7.20. The van der Waals surface area contributed by atoms with E-state index >= 15 is 0 Å². The molecule has 4 heteroatoms. The molecule has 1 aliphatic carbocycles. The van der Waals surface area contributed by atoms with Gasteiger partial charge in [0.15, 0.2) is 0 Å². The van der Waals surface area contributed by atoms with E-state index < -0.39 is 0 Å². The monoisotopic (exact) mass is 168 g/mol. The number of hydrogen-bond donors (Lipinski definition) is 1. The standard InChI is InChI=1S/C8H12N2O2/c1-8(3-9)4-5(8)7(12)10(2)6(4)11/h4-5H,3,9H2,1-2H3. The Morgan fingerprint density at radius 3 is 2.17 bits per heavy atom. The molecule has 4 nitrogen and oxygen atoms in total. The summed E-state index contributed by atoms with van der Waals surface area (Å²) in [6.07, 6.45) is 0. The van der Waals surface area contributed by atoms with Crippen LogP contribution >= 0.6 is 0 Å². The first-order valence-electron chi connectivity index (χ1n) is 4.05. The minimum absolute atomic E-state index is 0.0575. The topological polar surface area (TPSA) is 63.4 Å². The molecule has 0 aromatic heterocycles. The van der Waals surface area contributed by atoms with Crippen molar-refractivity contribution in [1.29, 1.82) is 0 Å². The molecular weight excluding hydrogens is 156 g/mol. The first kappa shape index (κ1) is 7.73. The maximum absolute atomic E-state index is 11.4.